The molecule has 1 aromatic rings. The van der Waals surface area contributed by atoms with E-state index in [-0.39, 0.29) is 0 Å². The van der Waals surface area contributed by atoms with Gasteiger partial charge in [0.15, 0.2) is 11.8 Å². The van der Waals surface area contributed by atoms with Crippen molar-refractivity contribution in [2.45, 2.75) is 50.4 Å². The first-order valence-corrected chi connectivity index (χ1v) is 9.38. The van der Waals surface area contributed by atoms with Gasteiger partial charge in [0.05, 0.1) is 12.7 Å². The lowest BCUT2D eigenvalue weighted by molar-refractivity contribution is -0.157. The normalized spacial score (nSPS) is 39.9. The molecule has 5 unspecified atom stereocenters. The molecular weight excluding hydrogens is 374 g/mol. The maximum absolute atomic E-state index is 13.9. The van der Waals surface area contributed by atoms with Gasteiger partial charge in [-0.1, -0.05) is 0 Å². The molecule has 0 amide bonds. The van der Waals surface area contributed by atoms with Gasteiger partial charge in [-0.2, -0.15) is 0 Å². The molecule has 26 heavy (non-hydrogen) atoms. The number of H-pyrrole nitrogens is 1. The van der Waals surface area contributed by atoms with Crippen LogP contribution < -0.4 is 11.2 Å². The van der Waals surface area contributed by atoms with E-state index in [1.165, 1.54) is 6.92 Å². The predicted molar refractivity (Wildman–Crippen MR) is 85.4 cm³/mol. The number of hydrogen-bond donors (Lipinski definition) is 2. The molecule has 10 nitrogen and oxygen atoms in total. The van der Waals surface area contributed by atoms with Crippen LogP contribution in [0.15, 0.2) is 21.9 Å². The zero-order valence-corrected chi connectivity index (χ0v) is 15.3. The van der Waals surface area contributed by atoms with E-state index >= 15 is 0 Å². The Balaban J connectivity index is 2.02. The number of aliphatic hydroxyl groups is 1. The van der Waals surface area contributed by atoms with E-state index in [2.05, 4.69) is 0 Å². The van der Waals surface area contributed by atoms with Crippen LogP contribution in [0.25, 0.3) is 0 Å². The Morgan fingerprint density at radius 2 is 2.23 bits per heavy atom. The first kappa shape index (κ1) is 19.4. The summed E-state index contributed by atoms with van der Waals surface area (Å²) in [6, 6.07) is 1.05. The highest BCUT2D eigenvalue weighted by molar-refractivity contribution is 7.48. The highest BCUT2D eigenvalue weighted by Gasteiger charge is 2.68. The van der Waals surface area contributed by atoms with Gasteiger partial charge in [-0.15, -0.1) is 0 Å². The summed E-state index contributed by atoms with van der Waals surface area (Å²) in [6.45, 7) is 2.82. The second-order valence-corrected chi connectivity index (χ2v) is 8.35. The van der Waals surface area contributed by atoms with Gasteiger partial charge >= 0.3 is 13.5 Å². The van der Waals surface area contributed by atoms with Crippen molar-refractivity contribution in [1.29, 1.82) is 0 Å². The van der Waals surface area contributed by atoms with Crippen LogP contribution >= 0.6 is 7.82 Å². The molecule has 0 radical (unpaired) electrons. The second kappa shape index (κ2) is 6.36. The number of alkyl halides is 1. The molecule has 0 aliphatic carbocycles. The Morgan fingerprint density at radius 3 is 2.81 bits per heavy atom. The highest BCUT2D eigenvalue weighted by Crippen LogP contribution is 2.62. The Hall–Kier alpha value is -1.36. The van der Waals surface area contributed by atoms with Crippen molar-refractivity contribution in [3.05, 3.63) is 33.1 Å². The molecule has 2 saturated heterocycles. The van der Waals surface area contributed by atoms with Crippen LogP contribution in [0.3, 0.4) is 0 Å². The van der Waals surface area contributed by atoms with Crippen molar-refractivity contribution in [1.82, 2.24) is 9.55 Å². The number of hydrogen-bond acceptors (Lipinski definition) is 8. The van der Waals surface area contributed by atoms with Gasteiger partial charge in [0.1, 0.15) is 18.4 Å². The molecule has 0 bridgehead atoms. The summed E-state index contributed by atoms with van der Waals surface area (Å²) in [7, 11) is -4.06. The minimum Gasteiger partial charge on any atom is -0.383 e. The zero-order chi connectivity index (χ0) is 19.3. The first-order valence-electron chi connectivity index (χ1n) is 7.92. The number of fused-ring (bicyclic) bond motifs is 1. The van der Waals surface area contributed by atoms with Crippen LogP contribution in [-0.4, -0.2) is 51.3 Å². The highest BCUT2D eigenvalue weighted by atomic mass is 31.2. The summed E-state index contributed by atoms with van der Waals surface area (Å²) in [6.07, 6.45) is -2.26. The van der Waals surface area contributed by atoms with E-state index in [4.69, 9.17) is 18.3 Å². The van der Waals surface area contributed by atoms with Crippen molar-refractivity contribution in [2.24, 2.45) is 0 Å². The van der Waals surface area contributed by atoms with E-state index in [0.717, 1.165) is 16.8 Å². The minimum atomic E-state index is -4.06. The number of aromatic nitrogens is 2. The Bertz CT molecular complexity index is 852. The van der Waals surface area contributed by atoms with E-state index in [9.17, 15) is 23.7 Å². The van der Waals surface area contributed by atoms with E-state index in [1.807, 2.05) is 4.98 Å². The number of ether oxygens (including phenoxy) is 1. The average Bonchev–Trinajstić information content (AvgIpc) is 2.75. The molecule has 0 saturated carbocycles. The molecule has 3 rings (SSSR count). The molecule has 2 aliphatic heterocycles. The number of phosphoric ester groups is 1. The number of nitrogens with one attached hydrogen (secondary N) is 1. The monoisotopic (exact) mass is 394 g/mol. The van der Waals surface area contributed by atoms with Crippen LogP contribution in [0.1, 0.15) is 27.0 Å². The van der Waals surface area contributed by atoms with Gasteiger partial charge in [0.25, 0.3) is 5.56 Å². The van der Waals surface area contributed by atoms with Crippen molar-refractivity contribution in [3.63, 3.8) is 0 Å². The van der Waals surface area contributed by atoms with Crippen molar-refractivity contribution < 1.29 is 32.4 Å². The molecule has 3 heterocycles. The molecule has 12 heteroatoms. The molecule has 2 fully saturated rings. The predicted octanol–water partition coefficient (Wildman–Crippen LogP) is 0.473. The summed E-state index contributed by atoms with van der Waals surface area (Å²) in [4.78, 5) is 25.3. The summed E-state index contributed by atoms with van der Waals surface area (Å²) < 4.78 is 48.6. The van der Waals surface area contributed by atoms with Crippen LogP contribution in [-0.2, 0) is 22.9 Å². The van der Waals surface area contributed by atoms with Gasteiger partial charge in [0, 0.05) is 12.3 Å². The average molecular weight is 394 g/mol. The summed E-state index contributed by atoms with van der Waals surface area (Å²) in [5.41, 5.74) is -5.28. The number of aromatic amines is 1. The summed E-state index contributed by atoms with van der Waals surface area (Å²) >= 11 is 0. The third-order valence-corrected chi connectivity index (χ3v) is 5.82. The topological polar surface area (TPSA) is 129 Å². The molecule has 0 aromatic carbocycles. The minimum absolute atomic E-state index is 0.511. The third kappa shape index (κ3) is 3.08. The van der Waals surface area contributed by atoms with E-state index < -0.39 is 62.0 Å². The smallest absolute Gasteiger partial charge is 0.383 e. The van der Waals surface area contributed by atoms with Gasteiger partial charge in [-0.25, -0.2) is 13.8 Å². The standard InChI is InChI=1S/C14H20FN2O8P/c1-8(2)24-26(21)22-7-14(6-15)10(25-26)13(3,20)11(23-14)17-5-4-9(18)16-12(17)19/h4-5,8,10-11,20H,6-7H2,1-3H3,(H,16,18,19). The lowest BCUT2D eigenvalue weighted by Crippen LogP contribution is -2.56. The molecule has 146 valence electrons. The zero-order valence-electron chi connectivity index (χ0n) is 14.4. The number of phosphoric acid groups is 1. The molecular formula is C14H20FN2O8P. The Morgan fingerprint density at radius 1 is 1.54 bits per heavy atom. The van der Waals surface area contributed by atoms with Crippen LogP contribution in [0.5, 0.6) is 0 Å². The van der Waals surface area contributed by atoms with Gasteiger partial charge in [-0.3, -0.25) is 27.9 Å². The summed E-state index contributed by atoms with van der Waals surface area (Å²) in [5, 5.41) is 11.0. The Labute approximate surface area is 147 Å². The molecule has 0 spiro atoms. The molecule has 5 atom stereocenters. The molecule has 1 aromatic heterocycles. The van der Waals surface area contributed by atoms with Crippen LogP contribution in [0.2, 0.25) is 0 Å². The quantitative estimate of drug-likeness (QED) is 0.706. The lowest BCUT2D eigenvalue weighted by Gasteiger charge is -2.40. The van der Waals surface area contributed by atoms with Gasteiger partial charge < -0.3 is 9.84 Å². The summed E-state index contributed by atoms with van der Waals surface area (Å²) in [5.74, 6) is 0. The van der Waals surface area contributed by atoms with E-state index in [0.29, 0.717) is 0 Å². The van der Waals surface area contributed by atoms with Crippen molar-refractivity contribution in [2.75, 3.05) is 13.3 Å². The van der Waals surface area contributed by atoms with E-state index in [1.54, 1.807) is 13.8 Å². The largest absolute Gasteiger partial charge is 0.475 e. The van der Waals surface area contributed by atoms with Crippen molar-refractivity contribution >= 4 is 7.82 Å². The molecule has 2 aliphatic rings. The molecule has 2 N–H and O–H groups in total. The van der Waals surface area contributed by atoms with Crippen LogP contribution in [0, 0.1) is 0 Å². The maximum Gasteiger partial charge on any atom is 0.475 e. The maximum atomic E-state index is 13.9. The number of nitrogens with zero attached hydrogens (tertiary/aromatic N) is 1. The van der Waals surface area contributed by atoms with Crippen molar-refractivity contribution in [3.8, 4) is 0 Å². The van der Waals surface area contributed by atoms with Crippen LogP contribution in [0.4, 0.5) is 4.39 Å². The fourth-order valence-corrected chi connectivity index (χ4v) is 4.86. The fraction of sp³-hybridized carbons (Fsp3) is 0.714. The number of halogens is 1. The fourth-order valence-electron chi connectivity index (χ4n) is 3.13. The van der Waals surface area contributed by atoms with Gasteiger partial charge in [-0.05, 0) is 20.8 Å². The van der Waals surface area contributed by atoms with Gasteiger partial charge in [0.2, 0.25) is 0 Å². The number of rotatable bonds is 4. The SMILES string of the molecule is CC(C)OP1(=O)OCC2(CF)OC(n3ccc(=O)[nH]c3=O)C(C)(O)C2O1. The second-order valence-electron chi connectivity index (χ2n) is 6.77. The lowest BCUT2D eigenvalue weighted by atomic mass is 9.88. The first-order chi connectivity index (χ1) is 12.0. The Kier molecular flexibility index (Phi) is 4.75. The third-order valence-electron chi connectivity index (χ3n) is 4.23.